The summed E-state index contributed by atoms with van der Waals surface area (Å²) in [5.74, 6) is 0.684. The maximum atomic E-state index is 12.0. The van der Waals surface area contributed by atoms with Crippen LogP contribution in [0.4, 0.5) is 0 Å². The van der Waals surface area contributed by atoms with Gasteiger partial charge in [0.25, 0.3) is 5.56 Å². The fourth-order valence-corrected chi connectivity index (χ4v) is 2.68. The number of fused-ring (bicyclic) bond motifs is 1. The highest BCUT2D eigenvalue weighted by atomic mass is 16.4. The number of aryl methyl sites for hydroxylation is 2. The van der Waals surface area contributed by atoms with Crippen LogP contribution in [-0.2, 0) is 13.5 Å². The van der Waals surface area contributed by atoms with Crippen molar-refractivity contribution in [3.63, 3.8) is 0 Å². The Labute approximate surface area is 114 Å². The summed E-state index contributed by atoms with van der Waals surface area (Å²) < 4.78 is 6.19. The summed E-state index contributed by atoms with van der Waals surface area (Å²) in [5.41, 5.74) is -0.881. The van der Waals surface area contributed by atoms with Crippen LogP contribution in [-0.4, -0.2) is 9.55 Å². The molecule has 0 spiro atoms. The van der Waals surface area contributed by atoms with Crippen molar-refractivity contribution < 1.29 is 4.42 Å². The molecule has 6 nitrogen and oxygen atoms in total. The molecule has 20 heavy (non-hydrogen) atoms. The van der Waals surface area contributed by atoms with Gasteiger partial charge in [0, 0.05) is 13.1 Å². The summed E-state index contributed by atoms with van der Waals surface area (Å²) in [4.78, 5) is 37.4. The standard InChI is InChI=1S/C14H16N2O4/c1-16-13-11(12(18)15-14(16)19)9(7-10(17)20-13)6-5-8-3-2-4-8/h7-8H,2-6H2,1H3,(H,15,18,19). The largest absolute Gasteiger partial charge is 0.405 e. The number of rotatable bonds is 3. The first-order chi connectivity index (χ1) is 9.56. The third-order valence-corrected chi connectivity index (χ3v) is 4.13. The van der Waals surface area contributed by atoms with Gasteiger partial charge in [0.05, 0.1) is 0 Å². The summed E-state index contributed by atoms with van der Waals surface area (Å²) in [7, 11) is 1.47. The summed E-state index contributed by atoms with van der Waals surface area (Å²) in [6.45, 7) is 0. The summed E-state index contributed by atoms with van der Waals surface area (Å²) in [6, 6.07) is 1.36. The lowest BCUT2D eigenvalue weighted by Crippen LogP contribution is -2.30. The molecule has 6 heteroatoms. The molecule has 2 heterocycles. The molecule has 1 saturated carbocycles. The van der Waals surface area contributed by atoms with E-state index in [1.54, 1.807) is 0 Å². The Morgan fingerprint density at radius 2 is 2.10 bits per heavy atom. The molecule has 2 aromatic heterocycles. The molecule has 0 bridgehead atoms. The van der Waals surface area contributed by atoms with E-state index < -0.39 is 16.9 Å². The molecule has 0 saturated heterocycles. The van der Waals surface area contributed by atoms with Crippen molar-refractivity contribution in [1.29, 1.82) is 0 Å². The number of nitrogens with zero attached hydrogens (tertiary/aromatic N) is 1. The van der Waals surface area contributed by atoms with E-state index in [0.717, 1.165) is 11.0 Å². The normalized spacial score (nSPS) is 15.4. The van der Waals surface area contributed by atoms with Crippen LogP contribution in [0.5, 0.6) is 0 Å². The Bertz CT molecular complexity index is 824. The maximum Gasteiger partial charge on any atom is 0.337 e. The third-order valence-electron chi connectivity index (χ3n) is 4.13. The SMILES string of the molecule is Cn1c(=O)[nH]c(=O)c2c(CCC3CCC3)cc(=O)oc21. The Morgan fingerprint density at radius 1 is 1.35 bits per heavy atom. The minimum atomic E-state index is -0.582. The Balaban J connectivity index is 2.15. The van der Waals surface area contributed by atoms with E-state index in [1.807, 2.05) is 0 Å². The summed E-state index contributed by atoms with van der Waals surface area (Å²) in [5, 5.41) is 0.311. The van der Waals surface area contributed by atoms with E-state index in [2.05, 4.69) is 4.98 Å². The van der Waals surface area contributed by atoms with Crippen molar-refractivity contribution in [2.75, 3.05) is 0 Å². The van der Waals surface area contributed by atoms with E-state index in [9.17, 15) is 14.4 Å². The first kappa shape index (κ1) is 12.9. The fourth-order valence-electron chi connectivity index (χ4n) is 2.68. The van der Waals surface area contributed by atoms with Gasteiger partial charge in [-0.2, -0.15) is 0 Å². The van der Waals surface area contributed by atoms with E-state index >= 15 is 0 Å². The Kier molecular flexibility index (Phi) is 3.08. The number of H-pyrrole nitrogens is 1. The lowest BCUT2D eigenvalue weighted by atomic mass is 9.81. The molecule has 1 aliphatic rings. The van der Waals surface area contributed by atoms with Crippen LogP contribution < -0.4 is 16.9 Å². The Morgan fingerprint density at radius 3 is 2.75 bits per heavy atom. The number of aromatic amines is 1. The molecule has 1 fully saturated rings. The van der Waals surface area contributed by atoms with Gasteiger partial charge in [-0.15, -0.1) is 0 Å². The first-order valence-corrected chi connectivity index (χ1v) is 6.82. The van der Waals surface area contributed by atoms with Gasteiger partial charge in [-0.05, 0) is 24.3 Å². The quantitative estimate of drug-likeness (QED) is 0.903. The fraction of sp³-hybridized carbons (Fsp3) is 0.500. The predicted octanol–water partition coefficient (Wildman–Crippen LogP) is 0.913. The first-order valence-electron chi connectivity index (χ1n) is 6.82. The topological polar surface area (TPSA) is 85.1 Å². The van der Waals surface area contributed by atoms with E-state index in [4.69, 9.17) is 4.42 Å². The lowest BCUT2D eigenvalue weighted by molar-refractivity contribution is 0.296. The van der Waals surface area contributed by atoms with Gasteiger partial charge in [-0.25, -0.2) is 9.59 Å². The molecule has 0 amide bonds. The van der Waals surface area contributed by atoms with Gasteiger partial charge in [-0.3, -0.25) is 14.3 Å². The van der Waals surface area contributed by atoms with Crippen molar-refractivity contribution >= 4 is 11.1 Å². The van der Waals surface area contributed by atoms with Crippen LogP contribution in [0.3, 0.4) is 0 Å². The lowest BCUT2D eigenvalue weighted by Gasteiger charge is -2.25. The molecular formula is C14H16N2O4. The van der Waals surface area contributed by atoms with Crippen molar-refractivity contribution in [2.45, 2.75) is 32.1 Å². The van der Waals surface area contributed by atoms with Crippen molar-refractivity contribution in [3.05, 3.63) is 42.9 Å². The molecule has 0 aromatic carbocycles. The molecule has 0 radical (unpaired) electrons. The minimum Gasteiger partial charge on any atom is -0.405 e. The number of hydrogen-bond acceptors (Lipinski definition) is 4. The highest BCUT2D eigenvalue weighted by molar-refractivity contribution is 5.75. The van der Waals surface area contributed by atoms with Crippen molar-refractivity contribution in [2.24, 2.45) is 13.0 Å². The van der Waals surface area contributed by atoms with Crippen LogP contribution >= 0.6 is 0 Å². The van der Waals surface area contributed by atoms with Crippen LogP contribution in [0.15, 0.2) is 24.9 Å². The molecule has 1 aliphatic carbocycles. The van der Waals surface area contributed by atoms with Crippen LogP contribution in [0.25, 0.3) is 11.1 Å². The highest BCUT2D eigenvalue weighted by Crippen LogP contribution is 2.30. The average molecular weight is 276 g/mol. The number of aromatic nitrogens is 2. The van der Waals surface area contributed by atoms with Crippen LogP contribution in [0.2, 0.25) is 0 Å². The second-order valence-corrected chi connectivity index (χ2v) is 5.42. The number of hydrogen-bond donors (Lipinski definition) is 1. The van der Waals surface area contributed by atoms with Crippen molar-refractivity contribution in [3.8, 4) is 0 Å². The van der Waals surface area contributed by atoms with Gasteiger partial charge in [0.15, 0.2) is 0 Å². The molecule has 1 N–H and O–H groups in total. The highest BCUT2D eigenvalue weighted by Gasteiger charge is 2.19. The zero-order valence-corrected chi connectivity index (χ0v) is 11.3. The predicted molar refractivity (Wildman–Crippen MR) is 74.0 cm³/mol. The molecule has 0 atom stereocenters. The molecular weight excluding hydrogens is 260 g/mol. The van der Waals surface area contributed by atoms with E-state index in [1.165, 1.54) is 32.4 Å². The zero-order valence-electron chi connectivity index (χ0n) is 11.3. The van der Waals surface area contributed by atoms with Crippen LogP contribution in [0.1, 0.15) is 31.2 Å². The smallest absolute Gasteiger partial charge is 0.337 e. The molecule has 0 aliphatic heterocycles. The third kappa shape index (κ3) is 2.11. The van der Waals surface area contributed by atoms with Crippen LogP contribution in [0, 0.1) is 5.92 Å². The monoisotopic (exact) mass is 276 g/mol. The average Bonchev–Trinajstić information content (AvgIpc) is 2.33. The van der Waals surface area contributed by atoms with E-state index in [0.29, 0.717) is 23.3 Å². The molecule has 3 rings (SSSR count). The second kappa shape index (κ2) is 4.77. The van der Waals surface area contributed by atoms with Gasteiger partial charge in [0.2, 0.25) is 5.71 Å². The summed E-state index contributed by atoms with van der Waals surface area (Å²) in [6.07, 6.45) is 5.31. The van der Waals surface area contributed by atoms with Gasteiger partial charge >= 0.3 is 11.3 Å². The molecule has 106 valence electrons. The molecule has 0 unspecified atom stereocenters. The van der Waals surface area contributed by atoms with Gasteiger partial charge in [0.1, 0.15) is 5.39 Å². The van der Waals surface area contributed by atoms with Crippen molar-refractivity contribution in [1.82, 2.24) is 9.55 Å². The van der Waals surface area contributed by atoms with Gasteiger partial charge in [-0.1, -0.05) is 19.3 Å². The van der Waals surface area contributed by atoms with E-state index in [-0.39, 0.29) is 5.71 Å². The summed E-state index contributed by atoms with van der Waals surface area (Å²) >= 11 is 0. The zero-order chi connectivity index (χ0) is 14.3. The molecule has 2 aromatic rings. The van der Waals surface area contributed by atoms with Gasteiger partial charge < -0.3 is 4.42 Å². The second-order valence-electron chi connectivity index (χ2n) is 5.42. The maximum absolute atomic E-state index is 12.0. The number of nitrogens with one attached hydrogen (secondary N) is 1. The Hall–Kier alpha value is -2.11. The minimum absolute atomic E-state index is 0.0508.